The molecule has 4 heteroatoms. The van der Waals surface area contributed by atoms with Crippen LogP contribution in [0.1, 0.15) is 17.9 Å². The highest BCUT2D eigenvalue weighted by Crippen LogP contribution is 2.43. The lowest BCUT2D eigenvalue weighted by Crippen LogP contribution is -2.13. The average Bonchev–Trinajstić information content (AvgIpc) is 3.20. The van der Waals surface area contributed by atoms with Gasteiger partial charge in [-0.15, -0.1) is 0 Å². The molecule has 0 spiro atoms. The number of likely N-dealkylation sites (tertiary alicyclic amines) is 1. The normalized spacial score (nSPS) is 19.5. The van der Waals surface area contributed by atoms with Crippen molar-refractivity contribution in [2.45, 2.75) is 12.3 Å². The summed E-state index contributed by atoms with van der Waals surface area (Å²) in [4.78, 5) is 2.43. The van der Waals surface area contributed by atoms with Gasteiger partial charge in [-0.1, -0.05) is 47.4 Å². The lowest BCUT2D eigenvalue weighted by atomic mass is 9.95. The van der Waals surface area contributed by atoms with E-state index in [1.807, 2.05) is 17.6 Å². The largest absolute Gasteiger partial charge is 0.306 e. The second-order valence-electron chi connectivity index (χ2n) is 6.55. The molecule has 4 aromatic rings. The molecule has 1 aliphatic rings. The zero-order valence-corrected chi connectivity index (χ0v) is 14.5. The van der Waals surface area contributed by atoms with Gasteiger partial charge in [0.05, 0.1) is 15.7 Å². The first-order chi connectivity index (χ1) is 11.2. The highest BCUT2D eigenvalue weighted by atomic mass is 35.5. The Balaban J connectivity index is 1.94. The maximum atomic E-state index is 6.29. The Bertz CT molecular complexity index is 1050. The second-order valence-corrected chi connectivity index (χ2v) is 7.98. The highest BCUT2D eigenvalue weighted by Gasteiger charge is 2.28. The Morgan fingerprint density at radius 1 is 1.13 bits per heavy atom. The van der Waals surface area contributed by atoms with E-state index in [1.54, 1.807) is 0 Å². The lowest BCUT2D eigenvalue weighted by Gasteiger charge is -2.10. The number of hydrogen-bond acceptors (Lipinski definition) is 2. The zero-order chi connectivity index (χ0) is 15.6. The number of rotatable bonds is 1. The number of nitrogens with zero attached hydrogens (tertiary/aromatic N) is 2. The topological polar surface area (TPSA) is 7.65 Å². The molecular formula is C19H17ClN2S. The minimum absolute atomic E-state index is 0.603. The van der Waals surface area contributed by atoms with Gasteiger partial charge in [-0.05, 0) is 43.8 Å². The van der Waals surface area contributed by atoms with Crippen molar-refractivity contribution in [3.63, 3.8) is 0 Å². The molecule has 1 unspecified atom stereocenters. The molecule has 0 aliphatic carbocycles. The van der Waals surface area contributed by atoms with E-state index in [4.69, 9.17) is 11.6 Å². The van der Waals surface area contributed by atoms with Crippen LogP contribution in [0.15, 0.2) is 42.5 Å². The van der Waals surface area contributed by atoms with Gasteiger partial charge < -0.3 is 4.90 Å². The van der Waals surface area contributed by atoms with E-state index in [1.165, 1.54) is 45.0 Å². The predicted molar refractivity (Wildman–Crippen MR) is 100 cm³/mol. The molecule has 1 fully saturated rings. The van der Waals surface area contributed by atoms with Crippen LogP contribution in [0.3, 0.4) is 0 Å². The van der Waals surface area contributed by atoms with Crippen molar-refractivity contribution in [2.24, 2.45) is 0 Å². The zero-order valence-electron chi connectivity index (χ0n) is 12.9. The maximum Gasteiger partial charge on any atom is 0.0695 e. The third-order valence-corrected chi connectivity index (χ3v) is 6.41. The van der Waals surface area contributed by atoms with E-state index >= 15 is 0 Å². The molecule has 0 amide bonds. The summed E-state index contributed by atoms with van der Waals surface area (Å²) in [5, 5.41) is 3.55. The summed E-state index contributed by atoms with van der Waals surface area (Å²) in [5.74, 6) is 0.603. The van der Waals surface area contributed by atoms with Crippen LogP contribution in [-0.4, -0.2) is 28.8 Å². The van der Waals surface area contributed by atoms with Crippen molar-refractivity contribution in [1.29, 1.82) is 0 Å². The summed E-state index contributed by atoms with van der Waals surface area (Å²) < 4.78 is 3.73. The van der Waals surface area contributed by atoms with Crippen LogP contribution in [-0.2, 0) is 0 Å². The minimum atomic E-state index is 0.603. The number of likely N-dealkylation sites (N-methyl/N-ethyl adjacent to an activating group) is 1. The van der Waals surface area contributed by atoms with Gasteiger partial charge in [0, 0.05) is 28.3 Å². The third-order valence-electron chi connectivity index (χ3n) is 5.06. The van der Waals surface area contributed by atoms with Crippen LogP contribution in [0.5, 0.6) is 0 Å². The molecule has 0 radical (unpaired) electrons. The Morgan fingerprint density at radius 2 is 2.00 bits per heavy atom. The number of hydrogen-bond donors (Lipinski definition) is 0. The Kier molecular flexibility index (Phi) is 2.99. The molecule has 23 heavy (non-hydrogen) atoms. The van der Waals surface area contributed by atoms with E-state index in [9.17, 15) is 0 Å². The molecule has 2 aromatic heterocycles. The fourth-order valence-corrected chi connectivity index (χ4v) is 5.33. The molecule has 5 rings (SSSR count). The van der Waals surface area contributed by atoms with Crippen LogP contribution in [0, 0.1) is 0 Å². The average molecular weight is 341 g/mol. The van der Waals surface area contributed by atoms with E-state index < -0.39 is 0 Å². The Labute approximate surface area is 144 Å². The minimum Gasteiger partial charge on any atom is -0.306 e. The molecule has 1 atom stereocenters. The summed E-state index contributed by atoms with van der Waals surface area (Å²) in [6.07, 6.45) is 1.23. The fourth-order valence-electron chi connectivity index (χ4n) is 4.03. The monoisotopic (exact) mass is 340 g/mol. The van der Waals surface area contributed by atoms with Crippen molar-refractivity contribution in [3.05, 3.63) is 53.1 Å². The van der Waals surface area contributed by atoms with Crippen molar-refractivity contribution in [3.8, 4) is 0 Å². The fraction of sp³-hybridized carbons (Fsp3) is 0.263. The number of aromatic nitrogens is 1. The lowest BCUT2D eigenvalue weighted by molar-refractivity contribution is 0.412. The van der Waals surface area contributed by atoms with E-state index in [-0.39, 0.29) is 0 Å². The van der Waals surface area contributed by atoms with Gasteiger partial charge in [0.25, 0.3) is 0 Å². The number of benzene rings is 2. The van der Waals surface area contributed by atoms with Crippen LogP contribution in [0.25, 0.3) is 26.5 Å². The van der Waals surface area contributed by atoms with Crippen LogP contribution in [0.2, 0.25) is 5.02 Å². The number of fused-ring (bicyclic) bond motifs is 5. The van der Waals surface area contributed by atoms with E-state index in [0.29, 0.717) is 5.92 Å². The third kappa shape index (κ3) is 1.97. The first-order valence-electron chi connectivity index (χ1n) is 8.02. The Morgan fingerprint density at radius 3 is 2.83 bits per heavy atom. The van der Waals surface area contributed by atoms with Gasteiger partial charge in [0.1, 0.15) is 0 Å². The molecule has 116 valence electrons. The summed E-state index contributed by atoms with van der Waals surface area (Å²) in [6.45, 7) is 2.32. The second kappa shape index (κ2) is 4.97. The first kappa shape index (κ1) is 13.8. The van der Waals surface area contributed by atoms with Crippen molar-refractivity contribution < 1.29 is 0 Å². The van der Waals surface area contributed by atoms with Gasteiger partial charge in [-0.3, -0.25) is 3.79 Å². The summed E-state index contributed by atoms with van der Waals surface area (Å²) >= 11 is 8.12. The quantitative estimate of drug-likeness (QED) is 0.451. The van der Waals surface area contributed by atoms with Gasteiger partial charge in [0.2, 0.25) is 0 Å². The predicted octanol–water partition coefficient (Wildman–Crippen LogP) is 5.38. The van der Waals surface area contributed by atoms with Crippen LogP contribution in [0.4, 0.5) is 0 Å². The van der Waals surface area contributed by atoms with Gasteiger partial charge in [-0.2, -0.15) is 0 Å². The molecule has 1 aliphatic heterocycles. The Hall–Kier alpha value is -1.55. The van der Waals surface area contributed by atoms with Gasteiger partial charge in [-0.25, -0.2) is 0 Å². The first-order valence-corrected chi connectivity index (χ1v) is 9.17. The molecule has 0 saturated carbocycles. The maximum absolute atomic E-state index is 6.29. The molecule has 2 aromatic carbocycles. The molecule has 0 bridgehead atoms. The molecule has 2 nitrogen and oxygen atoms in total. The van der Waals surface area contributed by atoms with Crippen molar-refractivity contribution >= 4 is 49.6 Å². The molecule has 3 heterocycles. The SMILES string of the molecule is CN1CCC(c2c3ccc(Cl)cc3n3sc4ccccc4c23)C1. The molecule has 0 N–H and O–H groups in total. The van der Waals surface area contributed by atoms with Gasteiger partial charge >= 0.3 is 0 Å². The van der Waals surface area contributed by atoms with E-state index in [2.05, 4.69) is 52.1 Å². The summed E-state index contributed by atoms with van der Waals surface area (Å²) in [7, 11) is 2.22. The number of halogens is 1. The standard InChI is InChI=1S/C19H17ClN2S/c1-21-9-8-12(11-21)18-14-7-6-13(20)10-16(14)22-19(18)15-4-2-3-5-17(15)23-22/h2-7,10,12H,8-9,11H2,1H3. The summed E-state index contributed by atoms with van der Waals surface area (Å²) in [6, 6.07) is 15.1. The highest BCUT2D eigenvalue weighted by molar-refractivity contribution is 7.14. The smallest absolute Gasteiger partial charge is 0.0695 e. The van der Waals surface area contributed by atoms with Crippen molar-refractivity contribution in [2.75, 3.05) is 20.1 Å². The summed E-state index contributed by atoms with van der Waals surface area (Å²) in [5.41, 5.74) is 4.15. The van der Waals surface area contributed by atoms with Crippen LogP contribution < -0.4 is 0 Å². The van der Waals surface area contributed by atoms with Gasteiger partial charge in [0.15, 0.2) is 0 Å². The van der Waals surface area contributed by atoms with Crippen molar-refractivity contribution in [1.82, 2.24) is 8.69 Å². The molecule has 1 saturated heterocycles. The van der Waals surface area contributed by atoms with E-state index in [0.717, 1.165) is 11.6 Å². The molecular weight excluding hydrogens is 324 g/mol. The van der Waals surface area contributed by atoms with Crippen LogP contribution >= 0.6 is 23.1 Å².